The molecule has 30 heavy (non-hydrogen) atoms. The van der Waals surface area contributed by atoms with E-state index in [9.17, 15) is 4.79 Å². The first-order chi connectivity index (χ1) is 14.6. The standard InChI is InChI=1S/C23H23ClN4O2/c1-3-4-5-12-27-20(17-10-11-25-21(13-17)30-2)14-22(29)28-15-19(26-23(27)28)16-6-8-18(24)9-7-16/h6-11,13-15H,3-5,12H2,1-2H3. The molecule has 6 nitrogen and oxygen atoms in total. The monoisotopic (exact) mass is 422 g/mol. The molecule has 0 unspecified atom stereocenters. The Morgan fingerprint density at radius 3 is 2.60 bits per heavy atom. The van der Waals surface area contributed by atoms with Crippen LogP contribution in [0.15, 0.2) is 59.7 Å². The minimum absolute atomic E-state index is 0.129. The number of fused-ring (bicyclic) bond motifs is 1. The van der Waals surface area contributed by atoms with Gasteiger partial charge in [-0.25, -0.2) is 9.97 Å². The first kappa shape index (κ1) is 20.2. The maximum absolute atomic E-state index is 12.9. The third-order valence-corrected chi connectivity index (χ3v) is 5.33. The van der Waals surface area contributed by atoms with E-state index < -0.39 is 0 Å². The van der Waals surface area contributed by atoms with Crippen molar-refractivity contribution in [3.05, 3.63) is 70.2 Å². The van der Waals surface area contributed by atoms with Gasteiger partial charge < -0.3 is 9.30 Å². The minimum Gasteiger partial charge on any atom is -0.481 e. The van der Waals surface area contributed by atoms with Gasteiger partial charge >= 0.3 is 0 Å². The van der Waals surface area contributed by atoms with Crippen molar-refractivity contribution < 1.29 is 4.74 Å². The molecule has 0 saturated carbocycles. The van der Waals surface area contributed by atoms with Crippen LogP contribution in [0, 0.1) is 0 Å². The fourth-order valence-corrected chi connectivity index (χ4v) is 3.64. The molecule has 0 fully saturated rings. The average molecular weight is 423 g/mol. The molecule has 4 rings (SSSR count). The van der Waals surface area contributed by atoms with E-state index in [1.54, 1.807) is 30.0 Å². The predicted molar refractivity (Wildman–Crippen MR) is 119 cm³/mol. The van der Waals surface area contributed by atoms with Gasteiger partial charge in [-0.2, -0.15) is 0 Å². The number of hydrogen-bond donors (Lipinski definition) is 0. The largest absolute Gasteiger partial charge is 0.481 e. The highest BCUT2D eigenvalue weighted by molar-refractivity contribution is 6.30. The van der Waals surface area contributed by atoms with Gasteiger partial charge in [-0.05, 0) is 24.6 Å². The first-order valence-electron chi connectivity index (χ1n) is 10.00. The van der Waals surface area contributed by atoms with Gasteiger partial charge in [0.1, 0.15) is 0 Å². The Labute approximate surface area is 179 Å². The lowest BCUT2D eigenvalue weighted by atomic mass is 10.1. The van der Waals surface area contributed by atoms with E-state index in [-0.39, 0.29) is 5.56 Å². The van der Waals surface area contributed by atoms with E-state index in [0.717, 1.165) is 48.3 Å². The molecule has 4 aromatic rings. The number of hydrogen-bond acceptors (Lipinski definition) is 4. The van der Waals surface area contributed by atoms with Crippen molar-refractivity contribution in [1.29, 1.82) is 0 Å². The van der Waals surface area contributed by atoms with Gasteiger partial charge in [0, 0.05) is 47.2 Å². The summed E-state index contributed by atoms with van der Waals surface area (Å²) >= 11 is 6.02. The normalized spacial score (nSPS) is 11.2. The average Bonchev–Trinajstić information content (AvgIpc) is 3.22. The van der Waals surface area contributed by atoms with E-state index in [0.29, 0.717) is 16.7 Å². The first-order valence-corrected chi connectivity index (χ1v) is 10.4. The SMILES string of the molecule is CCCCCn1c(-c2ccnc(OC)c2)cc(=O)n2cc(-c3ccc(Cl)cc3)nc12. The van der Waals surface area contributed by atoms with Crippen molar-refractivity contribution in [1.82, 2.24) is 18.9 Å². The molecule has 0 atom stereocenters. The van der Waals surface area contributed by atoms with Crippen molar-refractivity contribution in [3.63, 3.8) is 0 Å². The molecule has 0 saturated heterocycles. The van der Waals surface area contributed by atoms with Gasteiger partial charge in [0.15, 0.2) is 0 Å². The van der Waals surface area contributed by atoms with Gasteiger partial charge in [0.25, 0.3) is 5.56 Å². The second kappa shape index (κ2) is 8.71. The Morgan fingerprint density at radius 1 is 1.07 bits per heavy atom. The number of rotatable bonds is 7. The number of imidazole rings is 1. The van der Waals surface area contributed by atoms with E-state index in [4.69, 9.17) is 21.3 Å². The molecule has 3 heterocycles. The van der Waals surface area contributed by atoms with E-state index in [1.165, 1.54) is 0 Å². The van der Waals surface area contributed by atoms with Gasteiger partial charge in [-0.15, -0.1) is 0 Å². The lowest BCUT2D eigenvalue weighted by molar-refractivity contribution is 0.398. The minimum atomic E-state index is -0.129. The zero-order chi connectivity index (χ0) is 21.1. The summed E-state index contributed by atoms with van der Waals surface area (Å²) < 4.78 is 8.99. The summed E-state index contributed by atoms with van der Waals surface area (Å²) in [5, 5.41) is 0.663. The summed E-state index contributed by atoms with van der Waals surface area (Å²) in [6, 6.07) is 12.8. The van der Waals surface area contributed by atoms with Gasteiger partial charge in [-0.3, -0.25) is 9.20 Å². The second-order valence-corrected chi connectivity index (χ2v) is 7.55. The Morgan fingerprint density at radius 2 is 1.87 bits per heavy atom. The highest BCUT2D eigenvalue weighted by atomic mass is 35.5. The fraction of sp³-hybridized carbons (Fsp3) is 0.261. The molecule has 0 aliphatic rings. The maximum Gasteiger partial charge on any atom is 0.259 e. The predicted octanol–water partition coefficient (Wildman–Crippen LogP) is 5.08. The van der Waals surface area contributed by atoms with Gasteiger partial charge in [0.2, 0.25) is 11.7 Å². The van der Waals surface area contributed by atoms with Crippen LogP contribution in [0.2, 0.25) is 5.02 Å². The van der Waals surface area contributed by atoms with Crippen molar-refractivity contribution >= 4 is 17.4 Å². The molecule has 1 aromatic carbocycles. The van der Waals surface area contributed by atoms with Crippen LogP contribution in [-0.4, -0.2) is 26.0 Å². The number of pyridine rings is 1. The number of methoxy groups -OCH3 is 1. The maximum atomic E-state index is 12.9. The highest BCUT2D eigenvalue weighted by Gasteiger charge is 2.15. The lowest BCUT2D eigenvalue weighted by Crippen LogP contribution is -2.18. The molecule has 0 aliphatic carbocycles. The van der Waals surface area contributed by atoms with Crippen molar-refractivity contribution in [3.8, 4) is 28.4 Å². The quantitative estimate of drug-likeness (QED) is 0.390. The Balaban J connectivity index is 1.91. The van der Waals surface area contributed by atoms with E-state index in [1.807, 2.05) is 36.4 Å². The van der Waals surface area contributed by atoms with Crippen LogP contribution in [0.4, 0.5) is 0 Å². The van der Waals surface area contributed by atoms with E-state index >= 15 is 0 Å². The number of benzene rings is 1. The van der Waals surface area contributed by atoms with Crippen LogP contribution in [0.1, 0.15) is 26.2 Å². The molecule has 0 spiro atoms. The van der Waals surface area contributed by atoms with E-state index in [2.05, 4.69) is 16.5 Å². The molecule has 154 valence electrons. The Kier molecular flexibility index (Phi) is 5.86. The number of nitrogens with zero attached hydrogens (tertiary/aromatic N) is 4. The Hall–Kier alpha value is -3.12. The Bertz CT molecular complexity index is 1230. The third kappa shape index (κ3) is 3.96. The topological polar surface area (TPSA) is 61.4 Å². The lowest BCUT2D eigenvalue weighted by Gasteiger charge is -2.15. The molecule has 7 heteroatoms. The van der Waals surface area contributed by atoms with Crippen molar-refractivity contribution in [2.75, 3.05) is 7.11 Å². The van der Waals surface area contributed by atoms with Crippen molar-refractivity contribution in [2.45, 2.75) is 32.7 Å². The molecule has 0 amide bonds. The summed E-state index contributed by atoms with van der Waals surface area (Å²) in [4.78, 5) is 21.9. The number of aryl methyl sites for hydroxylation is 1. The summed E-state index contributed by atoms with van der Waals surface area (Å²) in [5.41, 5.74) is 3.19. The zero-order valence-corrected chi connectivity index (χ0v) is 17.8. The number of halogens is 1. The molecule has 0 bridgehead atoms. The molecule has 0 aliphatic heterocycles. The third-order valence-electron chi connectivity index (χ3n) is 5.08. The van der Waals surface area contributed by atoms with Crippen LogP contribution in [0.25, 0.3) is 28.3 Å². The second-order valence-electron chi connectivity index (χ2n) is 7.12. The van der Waals surface area contributed by atoms with Crippen LogP contribution in [0.5, 0.6) is 5.88 Å². The van der Waals surface area contributed by atoms with Crippen LogP contribution in [-0.2, 0) is 6.54 Å². The molecule has 0 radical (unpaired) electrons. The summed E-state index contributed by atoms with van der Waals surface area (Å²) in [7, 11) is 1.58. The number of unbranched alkanes of at least 4 members (excludes halogenated alkanes) is 2. The van der Waals surface area contributed by atoms with Gasteiger partial charge in [0.05, 0.1) is 18.5 Å². The van der Waals surface area contributed by atoms with Crippen LogP contribution in [0.3, 0.4) is 0 Å². The molecular formula is C23H23ClN4O2. The smallest absolute Gasteiger partial charge is 0.259 e. The number of aromatic nitrogens is 4. The van der Waals surface area contributed by atoms with Crippen LogP contribution < -0.4 is 10.3 Å². The molecule has 0 N–H and O–H groups in total. The fourth-order valence-electron chi connectivity index (χ4n) is 3.51. The number of ether oxygens (including phenoxy) is 1. The summed E-state index contributed by atoms with van der Waals surface area (Å²) in [5.74, 6) is 1.12. The van der Waals surface area contributed by atoms with Crippen molar-refractivity contribution in [2.24, 2.45) is 0 Å². The highest BCUT2D eigenvalue weighted by Crippen LogP contribution is 2.26. The summed E-state index contributed by atoms with van der Waals surface area (Å²) in [6.45, 7) is 2.93. The molecular weight excluding hydrogens is 400 g/mol. The molecule has 3 aromatic heterocycles. The summed E-state index contributed by atoms with van der Waals surface area (Å²) in [6.07, 6.45) is 6.67. The van der Waals surface area contributed by atoms with Crippen LogP contribution >= 0.6 is 11.6 Å². The van der Waals surface area contributed by atoms with Gasteiger partial charge in [-0.1, -0.05) is 43.5 Å². The zero-order valence-electron chi connectivity index (χ0n) is 17.0.